The van der Waals surface area contributed by atoms with E-state index in [1.54, 1.807) is 0 Å². The van der Waals surface area contributed by atoms with Crippen molar-refractivity contribution in [1.29, 1.82) is 0 Å². The molecule has 0 unspecified atom stereocenters. The zero-order chi connectivity index (χ0) is 6.78. The first-order chi connectivity index (χ1) is 3.42. The molecule has 0 aliphatic heterocycles. The molecule has 0 aromatic heterocycles. The largest absolute Gasteiger partial charge is 1.00 e. The van der Waals surface area contributed by atoms with Gasteiger partial charge in [-0.3, -0.25) is 4.79 Å². The Bertz CT molecular complexity index is 99.7. The summed E-state index contributed by atoms with van der Waals surface area (Å²) in [5.41, 5.74) is 0. The van der Waals surface area contributed by atoms with Crippen LogP contribution >= 0.6 is 0 Å². The number of esters is 1. The van der Waals surface area contributed by atoms with Gasteiger partial charge in [0, 0.05) is 6.92 Å². The second kappa shape index (κ2) is 3.80. The number of hydrogen-bond acceptors (Lipinski definition) is 2. The smallest absolute Gasteiger partial charge is 0.373 e. The number of carbonyl (C=O) groups is 1. The molecule has 0 atom stereocenters. The Kier molecular flexibility index (Phi) is 4.91. The van der Waals surface area contributed by atoms with E-state index in [0.29, 0.717) is 6.92 Å². The SMILES string of the molecule is CC(=O)OC(F)(F)F.[Li+]. The van der Waals surface area contributed by atoms with Crippen LogP contribution in [0.5, 0.6) is 0 Å². The summed E-state index contributed by atoms with van der Waals surface area (Å²) < 4.78 is 35.4. The molecule has 0 bridgehead atoms. The first-order valence-electron chi connectivity index (χ1n) is 1.68. The minimum atomic E-state index is -4.83. The molecular formula is C3H3F3LiO2+. The minimum absolute atomic E-state index is 0. The van der Waals surface area contributed by atoms with Crippen LogP contribution in [0.2, 0.25) is 0 Å². The maximum Gasteiger partial charge on any atom is 1.00 e. The van der Waals surface area contributed by atoms with Gasteiger partial charge in [-0.1, -0.05) is 0 Å². The zero-order valence-corrected chi connectivity index (χ0v) is 4.95. The van der Waals surface area contributed by atoms with Crippen molar-refractivity contribution in [1.82, 2.24) is 0 Å². The molecule has 6 heteroatoms. The first-order valence-corrected chi connectivity index (χ1v) is 1.68. The van der Waals surface area contributed by atoms with E-state index in [1.165, 1.54) is 0 Å². The Morgan fingerprint density at radius 3 is 1.78 bits per heavy atom. The van der Waals surface area contributed by atoms with Gasteiger partial charge >= 0.3 is 31.2 Å². The Hall–Kier alpha value is -0.143. The molecule has 0 saturated carbocycles. The summed E-state index contributed by atoms with van der Waals surface area (Å²) in [5, 5.41) is 0. The predicted octanol–water partition coefficient (Wildman–Crippen LogP) is -1.93. The molecule has 0 aromatic rings. The molecule has 0 spiro atoms. The number of alkyl halides is 3. The fourth-order valence-corrected chi connectivity index (χ4v) is 0.163. The number of carbonyl (C=O) groups excluding carboxylic acids is 1. The van der Waals surface area contributed by atoms with Gasteiger partial charge in [0.05, 0.1) is 0 Å². The molecule has 0 aromatic carbocycles. The van der Waals surface area contributed by atoms with E-state index in [2.05, 4.69) is 4.74 Å². The van der Waals surface area contributed by atoms with E-state index in [0.717, 1.165) is 0 Å². The van der Waals surface area contributed by atoms with Gasteiger partial charge in [-0.2, -0.15) is 0 Å². The van der Waals surface area contributed by atoms with Crippen molar-refractivity contribution in [3.63, 3.8) is 0 Å². The van der Waals surface area contributed by atoms with Crippen LogP contribution in [-0.4, -0.2) is 12.3 Å². The van der Waals surface area contributed by atoms with Gasteiger partial charge in [0.25, 0.3) is 0 Å². The first kappa shape index (κ1) is 11.6. The van der Waals surface area contributed by atoms with Crippen LogP contribution in [0.3, 0.4) is 0 Å². The average molecular weight is 135 g/mol. The standard InChI is InChI=1S/C3H3F3O2.Li/c1-2(7)8-3(4,5)6;/h1H3;/q;+1. The third-order valence-electron chi connectivity index (χ3n) is 0.259. The third-order valence-corrected chi connectivity index (χ3v) is 0.259. The molecule has 0 rings (SSSR count). The van der Waals surface area contributed by atoms with Crippen molar-refractivity contribution in [2.24, 2.45) is 0 Å². The number of halogens is 3. The van der Waals surface area contributed by atoms with Crippen LogP contribution in [-0.2, 0) is 9.53 Å². The van der Waals surface area contributed by atoms with Crippen LogP contribution in [0.1, 0.15) is 6.92 Å². The molecule has 0 aliphatic carbocycles. The topological polar surface area (TPSA) is 26.3 Å². The fraction of sp³-hybridized carbons (Fsp3) is 0.667. The average Bonchev–Trinajstić information content (AvgIpc) is 1.21. The van der Waals surface area contributed by atoms with Crippen molar-refractivity contribution >= 4 is 5.97 Å². The molecule has 9 heavy (non-hydrogen) atoms. The maximum atomic E-state index is 10.9. The maximum absolute atomic E-state index is 10.9. The molecule has 0 amide bonds. The van der Waals surface area contributed by atoms with Crippen molar-refractivity contribution in [2.45, 2.75) is 13.3 Å². The molecule has 0 radical (unpaired) electrons. The molecule has 48 valence electrons. The summed E-state index contributed by atoms with van der Waals surface area (Å²) in [5.74, 6) is -1.35. The predicted molar refractivity (Wildman–Crippen MR) is 17.8 cm³/mol. The molecule has 0 aliphatic rings. The Morgan fingerprint density at radius 2 is 1.78 bits per heavy atom. The minimum Gasteiger partial charge on any atom is -0.373 e. The van der Waals surface area contributed by atoms with E-state index >= 15 is 0 Å². The van der Waals surface area contributed by atoms with E-state index in [-0.39, 0.29) is 18.9 Å². The third kappa shape index (κ3) is 11.4. The van der Waals surface area contributed by atoms with Gasteiger partial charge in [-0.05, 0) is 0 Å². The van der Waals surface area contributed by atoms with Gasteiger partial charge in [-0.15, -0.1) is 13.2 Å². The Labute approximate surface area is 61.5 Å². The zero-order valence-electron chi connectivity index (χ0n) is 4.95. The Balaban J connectivity index is 0. The van der Waals surface area contributed by atoms with Crippen LogP contribution < -0.4 is 18.9 Å². The summed E-state index contributed by atoms with van der Waals surface area (Å²) in [4.78, 5) is 9.52. The molecule has 0 N–H and O–H groups in total. The van der Waals surface area contributed by atoms with Gasteiger partial charge in [-0.25, -0.2) is 0 Å². The van der Waals surface area contributed by atoms with Crippen LogP contribution in [0.15, 0.2) is 0 Å². The number of ether oxygens (including phenoxy) is 1. The van der Waals surface area contributed by atoms with E-state index in [4.69, 9.17) is 0 Å². The van der Waals surface area contributed by atoms with Gasteiger partial charge in [0.1, 0.15) is 0 Å². The van der Waals surface area contributed by atoms with Gasteiger partial charge in [0.15, 0.2) is 0 Å². The van der Waals surface area contributed by atoms with Crippen LogP contribution in [0.25, 0.3) is 0 Å². The van der Waals surface area contributed by atoms with Gasteiger partial charge in [0.2, 0.25) is 0 Å². The summed E-state index contributed by atoms with van der Waals surface area (Å²) in [6.45, 7) is 0.688. The summed E-state index contributed by atoms with van der Waals surface area (Å²) in [7, 11) is 0. The molecule has 0 saturated heterocycles. The van der Waals surface area contributed by atoms with E-state index in [1.807, 2.05) is 0 Å². The normalized spacial score (nSPS) is 9.78. The molecular weight excluding hydrogens is 132 g/mol. The second-order valence-corrected chi connectivity index (χ2v) is 1.04. The summed E-state index contributed by atoms with van der Waals surface area (Å²) >= 11 is 0. The van der Waals surface area contributed by atoms with Crippen LogP contribution in [0, 0.1) is 0 Å². The monoisotopic (exact) mass is 135 g/mol. The Morgan fingerprint density at radius 1 is 1.44 bits per heavy atom. The van der Waals surface area contributed by atoms with E-state index < -0.39 is 12.3 Å². The van der Waals surface area contributed by atoms with E-state index in [9.17, 15) is 18.0 Å². The van der Waals surface area contributed by atoms with Crippen molar-refractivity contribution in [2.75, 3.05) is 0 Å². The van der Waals surface area contributed by atoms with Crippen molar-refractivity contribution < 1.29 is 41.6 Å². The van der Waals surface area contributed by atoms with Gasteiger partial charge < -0.3 is 4.74 Å². The fourth-order valence-electron chi connectivity index (χ4n) is 0.163. The van der Waals surface area contributed by atoms with Crippen molar-refractivity contribution in [3.8, 4) is 0 Å². The summed E-state index contributed by atoms with van der Waals surface area (Å²) in [6.07, 6.45) is -4.83. The van der Waals surface area contributed by atoms with Crippen LogP contribution in [0.4, 0.5) is 13.2 Å². The quantitative estimate of drug-likeness (QED) is 0.285. The molecule has 2 nitrogen and oxygen atoms in total. The second-order valence-electron chi connectivity index (χ2n) is 1.04. The number of hydrogen-bond donors (Lipinski definition) is 0. The molecule has 0 heterocycles. The van der Waals surface area contributed by atoms with Crippen molar-refractivity contribution in [3.05, 3.63) is 0 Å². The summed E-state index contributed by atoms with van der Waals surface area (Å²) in [6, 6.07) is 0. The number of rotatable bonds is 0. The molecule has 0 fully saturated rings.